The van der Waals surface area contributed by atoms with Gasteiger partial charge in [0.2, 0.25) is 13.8 Å². The summed E-state index contributed by atoms with van der Waals surface area (Å²) in [5, 5.41) is 2.66. The molecule has 0 saturated heterocycles. The quantitative estimate of drug-likeness (QED) is 0.470. The number of esters is 1. The molecule has 0 heterocycles. The average molecular weight is 297 g/mol. The van der Waals surface area contributed by atoms with Gasteiger partial charge in [-0.1, -0.05) is 13.8 Å². The van der Waals surface area contributed by atoms with Crippen molar-refractivity contribution < 1.29 is 19.1 Å². The molecule has 0 fully saturated rings. The lowest BCUT2D eigenvalue weighted by molar-refractivity contribution is -0.142. The molecule has 8 heteroatoms. The van der Waals surface area contributed by atoms with Gasteiger partial charge in [0.05, 0.1) is 7.11 Å². The predicted molar refractivity (Wildman–Crippen MR) is 79.8 cm³/mol. The van der Waals surface area contributed by atoms with E-state index in [1.54, 1.807) is 0 Å². The fourth-order valence-corrected chi connectivity index (χ4v) is 1.78. The topological polar surface area (TPSA) is 102 Å². The molecule has 7 nitrogen and oxygen atoms in total. The van der Waals surface area contributed by atoms with Crippen molar-refractivity contribution in [3.8, 4) is 0 Å². The third kappa shape index (κ3) is 7.13. The van der Waals surface area contributed by atoms with E-state index in [1.807, 2.05) is 13.8 Å². The lowest BCUT2D eigenvalue weighted by Gasteiger charge is -2.28. The van der Waals surface area contributed by atoms with E-state index in [-0.39, 0.29) is 24.8 Å². The van der Waals surface area contributed by atoms with Gasteiger partial charge >= 0.3 is 5.97 Å². The molecule has 0 saturated carbocycles. The van der Waals surface area contributed by atoms with Crippen molar-refractivity contribution in [2.45, 2.75) is 38.8 Å². The van der Waals surface area contributed by atoms with E-state index in [0.717, 1.165) is 0 Å². The molecule has 0 bridgehead atoms. The van der Waals surface area contributed by atoms with Crippen molar-refractivity contribution in [2.24, 2.45) is 11.7 Å². The van der Waals surface area contributed by atoms with E-state index >= 15 is 0 Å². The van der Waals surface area contributed by atoms with Gasteiger partial charge in [-0.2, -0.15) is 0 Å². The fraction of sp³-hybridized carbons (Fsp3) is 0.769. The van der Waals surface area contributed by atoms with Crippen molar-refractivity contribution in [2.75, 3.05) is 20.7 Å². The second-order valence-corrected chi connectivity index (χ2v) is 5.30. The standard InChI is InChI=1S/C13H24BN3O4/c1-8(2)7-10(17(3)13(14)20)11(18)16-6-5-9(15)12(19)21-4/h8-10H,5-7,15H2,1-4H3,(H,16,18)/t9-,10-/m0/s1. The van der Waals surface area contributed by atoms with E-state index in [9.17, 15) is 14.4 Å². The predicted octanol–water partition coefficient (Wildman–Crippen LogP) is -0.372. The number of amides is 2. The van der Waals surface area contributed by atoms with Gasteiger partial charge in [0.15, 0.2) is 5.81 Å². The Morgan fingerprint density at radius 2 is 1.90 bits per heavy atom. The number of methoxy groups -OCH3 is 1. The number of rotatable bonds is 8. The molecule has 3 N–H and O–H groups in total. The summed E-state index contributed by atoms with van der Waals surface area (Å²) in [5.41, 5.74) is 5.57. The maximum Gasteiger partial charge on any atom is 0.322 e. The number of nitrogens with zero attached hydrogens (tertiary/aromatic N) is 1. The number of likely N-dealkylation sites (N-methyl/N-ethyl adjacent to an activating group) is 1. The molecule has 0 rings (SSSR count). The number of hydrogen-bond donors (Lipinski definition) is 2. The first-order chi connectivity index (χ1) is 9.70. The van der Waals surface area contributed by atoms with Gasteiger partial charge in [0.25, 0.3) is 0 Å². The van der Waals surface area contributed by atoms with Crippen LogP contribution in [-0.4, -0.2) is 63.2 Å². The lowest BCUT2D eigenvalue weighted by Crippen LogP contribution is -2.49. The van der Waals surface area contributed by atoms with E-state index in [1.165, 1.54) is 19.1 Å². The monoisotopic (exact) mass is 297 g/mol. The molecule has 0 spiro atoms. The van der Waals surface area contributed by atoms with Crippen LogP contribution in [0.1, 0.15) is 26.7 Å². The van der Waals surface area contributed by atoms with Gasteiger partial charge in [-0.3, -0.25) is 14.4 Å². The molecule has 0 aromatic heterocycles. The van der Waals surface area contributed by atoms with Crippen molar-refractivity contribution >= 4 is 25.5 Å². The summed E-state index contributed by atoms with van der Waals surface area (Å²) in [6, 6.07) is -1.43. The Labute approximate surface area is 127 Å². The van der Waals surface area contributed by atoms with Crippen molar-refractivity contribution in [3.05, 3.63) is 0 Å². The highest BCUT2D eigenvalue weighted by atomic mass is 16.5. The van der Waals surface area contributed by atoms with Crippen molar-refractivity contribution in [3.63, 3.8) is 0 Å². The maximum atomic E-state index is 12.1. The minimum absolute atomic E-state index is 0.219. The Kier molecular flexibility index (Phi) is 8.69. The minimum atomic E-state index is -0.785. The Morgan fingerprint density at radius 1 is 1.33 bits per heavy atom. The number of nitrogens with one attached hydrogen (secondary N) is 1. The first-order valence-electron chi connectivity index (χ1n) is 6.84. The van der Waals surface area contributed by atoms with Crippen LogP contribution in [0.4, 0.5) is 4.79 Å². The Hall–Kier alpha value is -1.57. The molecule has 0 aromatic carbocycles. The van der Waals surface area contributed by atoms with Crippen LogP contribution in [0.25, 0.3) is 0 Å². The van der Waals surface area contributed by atoms with Crippen LogP contribution < -0.4 is 11.1 Å². The molecule has 118 valence electrons. The number of nitrogens with two attached hydrogens (primary N) is 1. The van der Waals surface area contributed by atoms with Crippen LogP contribution >= 0.6 is 0 Å². The third-order valence-electron chi connectivity index (χ3n) is 3.07. The first-order valence-corrected chi connectivity index (χ1v) is 6.84. The van der Waals surface area contributed by atoms with E-state index in [4.69, 9.17) is 13.6 Å². The van der Waals surface area contributed by atoms with Gasteiger partial charge in [0.1, 0.15) is 12.1 Å². The van der Waals surface area contributed by atoms with Crippen molar-refractivity contribution in [1.82, 2.24) is 10.2 Å². The number of ether oxygens (including phenoxy) is 1. The smallest absolute Gasteiger partial charge is 0.322 e. The molecule has 0 aliphatic heterocycles. The van der Waals surface area contributed by atoms with Gasteiger partial charge < -0.3 is 20.7 Å². The number of carbonyl (C=O) groups excluding carboxylic acids is 3. The van der Waals surface area contributed by atoms with Gasteiger partial charge in [0, 0.05) is 13.6 Å². The lowest BCUT2D eigenvalue weighted by atomic mass is 9.99. The summed E-state index contributed by atoms with van der Waals surface area (Å²) < 4.78 is 4.49. The molecule has 0 aliphatic carbocycles. The molecule has 0 aliphatic rings. The maximum absolute atomic E-state index is 12.1. The average Bonchev–Trinajstić information content (AvgIpc) is 2.42. The van der Waals surface area contributed by atoms with Crippen molar-refractivity contribution in [1.29, 1.82) is 0 Å². The largest absolute Gasteiger partial charge is 0.468 e. The second kappa shape index (κ2) is 9.39. The highest BCUT2D eigenvalue weighted by Gasteiger charge is 2.25. The molecule has 0 unspecified atom stereocenters. The Balaban J connectivity index is 4.48. The molecule has 2 amide bonds. The molecular weight excluding hydrogens is 273 g/mol. The molecule has 2 atom stereocenters. The summed E-state index contributed by atoms with van der Waals surface area (Å²) in [6.07, 6.45) is 0.751. The second-order valence-electron chi connectivity index (χ2n) is 5.30. The van der Waals surface area contributed by atoms with Crippen LogP contribution in [0.2, 0.25) is 0 Å². The highest BCUT2D eigenvalue weighted by Crippen LogP contribution is 2.11. The van der Waals surface area contributed by atoms with Crippen LogP contribution in [0.15, 0.2) is 0 Å². The molecular formula is C13H24BN3O4. The van der Waals surface area contributed by atoms with Crippen LogP contribution in [0.5, 0.6) is 0 Å². The SMILES string of the molecule is [B]C(=O)N(C)[C@@H](CC(C)C)C(=O)NCC[C@H](N)C(=O)OC. The normalized spacial score (nSPS) is 13.4. The van der Waals surface area contributed by atoms with Gasteiger partial charge in [-0.15, -0.1) is 0 Å². The molecule has 2 radical (unpaired) electrons. The van der Waals surface area contributed by atoms with Crippen LogP contribution in [0, 0.1) is 5.92 Å². The van der Waals surface area contributed by atoms with Crippen LogP contribution in [0.3, 0.4) is 0 Å². The number of hydrogen-bond acceptors (Lipinski definition) is 5. The molecule has 0 aromatic rings. The Morgan fingerprint density at radius 3 is 2.33 bits per heavy atom. The minimum Gasteiger partial charge on any atom is -0.468 e. The first kappa shape index (κ1) is 19.4. The summed E-state index contributed by atoms with van der Waals surface area (Å²) in [5.74, 6) is -1.29. The summed E-state index contributed by atoms with van der Waals surface area (Å²) in [6.45, 7) is 4.11. The third-order valence-corrected chi connectivity index (χ3v) is 3.07. The fourth-order valence-electron chi connectivity index (χ4n) is 1.78. The van der Waals surface area contributed by atoms with Gasteiger partial charge in [-0.05, 0) is 18.8 Å². The van der Waals surface area contributed by atoms with E-state index in [2.05, 4.69) is 10.1 Å². The highest BCUT2D eigenvalue weighted by molar-refractivity contribution is 6.57. The summed E-state index contributed by atoms with van der Waals surface area (Å²) in [7, 11) is 7.94. The van der Waals surface area contributed by atoms with E-state index in [0.29, 0.717) is 6.42 Å². The Bertz CT molecular complexity index is 376. The summed E-state index contributed by atoms with van der Waals surface area (Å²) >= 11 is 0. The zero-order valence-corrected chi connectivity index (χ0v) is 13.1. The number of carbonyl (C=O) groups is 3. The zero-order chi connectivity index (χ0) is 16.6. The summed E-state index contributed by atoms with van der Waals surface area (Å²) in [4.78, 5) is 35.7. The van der Waals surface area contributed by atoms with E-state index < -0.39 is 23.9 Å². The zero-order valence-electron chi connectivity index (χ0n) is 13.1. The van der Waals surface area contributed by atoms with Crippen LogP contribution in [-0.2, 0) is 14.3 Å². The molecule has 21 heavy (non-hydrogen) atoms. The van der Waals surface area contributed by atoms with Gasteiger partial charge in [-0.25, -0.2) is 0 Å².